The van der Waals surface area contributed by atoms with Crippen molar-refractivity contribution in [3.8, 4) is 0 Å². The summed E-state index contributed by atoms with van der Waals surface area (Å²) in [7, 11) is 0. The highest BCUT2D eigenvalue weighted by molar-refractivity contribution is 7.80. The first-order chi connectivity index (χ1) is 13.7. The SMILES string of the molecule is CC1CCCN(c2cc(N3CCCC3)nc(NC(=S)NC3CCCCC3)n2)C1. The monoisotopic (exact) mass is 402 g/mol. The largest absolute Gasteiger partial charge is 0.360 e. The number of hydrogen-bond donors (Lipinski definition) is 2. The molecule has 1 atom stereocenters. The van der Waals surface area contributed by atoms with Gasteiger partial charge in [-0.15, -0.1) is 0 Å². The van der Waals surface area contributed by atoms with Crippen LogP contribution < -0.4 is 20.4 Å². The van der Waals surface area contributed by atoms with Crippen LogP contribution in [0, 0.1) is 5.92 Å². The van der Waals surface area contributed by atoms with Gasteiger partial charge in [-0.2, -0.15) is 9.97 Å². The van der Waals surface area contributed by atoms with E-state index < -0.39 is 0 Å². The maximum absolute atomic E-state index is 5.58. The van der Waals surface area contributed by atoms with Crippen LogP contribution in [0.1, 0.15) is 64.7 Å². The average Bonchev–Trinajstić information content (AvgIpc) is 3.23. The van der Waals surface area contributed by atoms with Gasteiger partial charge in [0.2, 0.25) is 5.95 Å². The molecule has 3 fully saturated rings. The van der Waals surface area contributed by atoms with E-state index >= 15 is 0 Å². The van der Waals surface area contributed by atoms with Gasteiger partial charge in [0.1, 0.15) is 11.6 Å². The first-order valence-electron chi connectivity index (χ1n) is 11.1. The number of nitrogens with zero attached hydrogens (tertiary/aromatic N) is 4. The molecule has 1 saturated carbocycles. The molecule has 6 nitrogen and oxygen atoms in total. The predicted octanol–water partition coefficient (Wildman–Crippen LogP) is 3.93. The third-order valence-corrected chi connectivity index (χ3v) is 6.50. The summed E-state index contributed by atoms with van der Waals surface area (Å²) in [5.41, 5.74) is 0. The van der Waals surface area contributed by atoms with Crippen LogP contribution in [0.4, 0.5) is 17.6 Å². The zero-order valence-corrected chi connectivity index (χ0v) is 17.9. The van der Waals surface area contributed by atoms with Crippen molar-refractivity contribution in [2.24, 2.45) is 5.92 Å². The quantitative estimate of drug-likeness (QED) is 0.740. The zero-order chi connectivity index (χ0) is 19.3. The standard InChI is InChI=1S/C21H34N6S/c1-16-8-7-13-27(15-16)19-14-18(26-11-5-6-12-26)23-20(24-19)25-21(28)22-17-9-3-2-4-10-17/h14,16-17H,2-13,15H2,1H3,(H2,22,23,24,25,28). The molecule has 154 valence electrons. The van der Waals surface area contributed by atoms with E-state index in [0.29, 0.717) is 23.0 Å². The lowest BCUT2D eigenvalue weighted by molar-refractivity contribution is 0.414. The second kappa shape index (κ2) is 9.25. The van der Waals surface area contributed by atoms with Crippen LogP contribution in [0.2, 0.25) is 0 Å². The summed E-state index contributed by atoms with van der Waals surface area (Å²) in [6.45, 7) is 6.64. The van der Waals surface area contributed by atoms with Crippen molar-refractivity contribution in [1.82, 2.24) is 15.3 Å². The van der Waals surface area contributed by atoms with Crippen LogP contribution in [-0.2, 0) is 0 Å². The van der Waals surface area contributed by atoms with Crippen molar-refractivity contribution in [1.29, 1.82) is 0 Å². The molecule has 0 spiro atoms. The minimum atomic E-state index is 0.484. The lowest BCUT2D eigenvalue weighted by Gasteiger charge is -2.32. The minimum absolute atomic E-state index is 0.484. The van der Waals surface area contributed by atoms with E-state index in [9.17, 15) is 0 Å². The Labute approximate surface area is 174 Å². The number of rotatable bonds is 4. The topological polar surface area (TPSA) is 56.3 Å². The maximum Gasteiger partial charge on any atom is 0.232 e. The summed E-state index contributed by atoms with van der Waals surface area (Å²) < 4.78 is 0. The zero-order valence-electron chi connectivity index (χ0n) is 17.1. The summed E-state index contributed by atoms with van der Waals surface area (Å²) in [6, 6.07) is 2.66. The fraction of sp³-hybridized carbons (Fsp3) is 0.762. The Hall–Kier alpha value is -1.63. The second-order valence-corrected chi connectivity index (χ2v) is 9.14. The van der Waals surface area contributed by atoms with Crippen LogP contribution in [0.15, 0.2) is 6.07 Å². The molecule has 2 aliphatic heterocycles. The molecular formula is C21H34N6S. The van der Waals surface area contributed by atoms with Gasteiger partial charge in [0.15, 0.2) is 5.11 Å². The molecule has 1 aromatic heterocycles. The van der Waals surface area contributed by atoms with Gasteiger partial charge in [-0.05, 0) is 56.7 Å². The van der Waals surface area contributed by atoms with Gasteiger partial charge in [-0.3, -0.25) is 0 Å². The Bertz CT molecular complexity index is 669. The van der Waals surface area contributed by atoms with Gasteiger partial charge in [-0.25, -0.2) is 0 Å². The molecule has 0 aromatic carbocycles. The summed E-state index contributed by atoms with van der Waals surface area (Å²) in [4.78, 5) is 14.4. The smallest absolute Gasteiger partial charge is 0.232 e. The minimum Gasteiger partial charge on any atom is -0.360 e. The number of aromatic nitrogens is 2. The highest BCUT2D eigenvalue weighted by atomic mass is 32.1. The van der Waals surface area contributed by atoms with Crippen LogP contribution >= 0.6 is 12.2 Å². The lowest BCUT2D eigenvalue weighted by Crippen LogP contribution is -2.39. The molecule has 1 aliphatic carbocycles. The fourth-order valence-electron chi connectivity index (χ4n) is 4.72. The molecule has 0 bridgehead atoms. The number of piperidine rings is 1. The van der Waals surface area contributed by atoms with Crippen LogP contribution in [0.5, 0.6) is 0 Å². The molecule has 1 aromatic rings. The number of nitrogens with one attached hydrogen (secondary N) is 2. The van der Waals surface area contributed by atoms with Gasteiger partial charge in [-0.1, -0.05) is 26.2 Å². The molecule has 4 rings (SSSR count). The molecule has 0 radical (unpaired) electrons. The van der Waals surface area contributed by atoms with E-state index in [-0.39, 0.29) is 0 Å². The van der Waals surface area contributed by atoms with Gasteiger partial charge < -0.3 is 20.4 Å². The van der Waals surface area contributed by atoms with E-state index in [1.807, 2.05) is 0 Å². The summed E-state index contributed by atoms with van der Waals surface area (Å²) >= 11 is 5.58. The van der Waals surface area contributed by atoms with Crippen LogP contribution in [0.25, 0.3) is 0 Å². The van der Waals surface area contributed by atoms with Crippen molar-refractivity contribution < 1.29 is 0 Å². The van der Waals surface area contributed by atoms with Crippen LogP contribution in [0.3, 0.4) is 0 Å². The Morgan fingerprint density at radius 1 is 0.929 bits per heavy atom. The third kappa shape index (κ3) is 5.04. The first kappa shape index (κ1) is 19.7. The normalized spacial score (nSPS) is 23.7. The Morgan fingerprint density at radius 3 is 2.32 bits per heavy atom. The van der Waals surface area contributed by atoms with E-state index in [4.69, 9.17) is 22.2 Å². The second-order valence-electron chi connectivity index (χ2n) is 8.73. The Balaban J connectivity index is 1.50. The molecular weight excluding hydrogens is 368 g/mol. The average molecular weight is 403 g/mol. The maximum atomic E-state index is 5.58. The van der Waals surface area contributed by atoms with Gasteiger partial charge in [0, 0.05) is 38.3 Å². The van der Waals surface area contributed by atoms with E-state index in [2.05, 4.69) is 33.4 Å². The van der Waals surface area contributed by atoms with Gasteiger partial charge in [0.05, 0.1) is 0 Å². The predicted molar refractivity (Wildman–Crippen MR) is 120 cm³/mol. The lowest BCUT2D eigenvalue weighted by atomic mass is 9.96. The van der Waals surface area contributed by atoms with E-state index in [1.54, 1.807) is 0 Å². The van der Waals surface area contributed by atoms with Crippen molar-refractivity contribution in [2.45, 2.75) is 70.8 Å². The molecule has 3 aliphatic rings. The molecule has 7 heteroatoms. The third-order valence-electron chi connectivity index (χ3n) is 6.28. The number of thiocarbonyl (C=S) groups is 1. The molecule has 1 unspecified atom stereocenters. The van der Waals surface area contributed by atoms with Crippen molar-refractivity contribution in [3.63, 3.8) is 0 Å². The van der Waals surface area contributed by atoms with Crippen molar-refractivity contribution in [3.05, 3.63) is 6.07 Å². The summed E-state index contributed by atoms with van der Waals surface area (Å²) in [5.74, 6) is 3.41. The first-order valence-corrected chi connectivity index (χ1v) is 11.5. The number of anilines is 3. The van der Waals surface area contributed by atoms with Crippen LogP contribution in [-0.4, -0.2) is 47.3 Å². The van der Waals surface area contributed by atoms with Crippen molar-refractivity contribution >= 4 is 34.9 Å². The van der Waals surface area contributed by atoms with Gasteiger partial charge in [0.25, 0.3) is 0 Å². The molecule has 2 N–H and O–H groups in total. The van der Waals surface area contributed by atoms with Crippen molar-refractivity contribution in [2.75, 3.05) is 41.3 Å². The highest BCUT2D eigenvalue weighted by Crippen LogP contribution is 2.27. The molecule has 2 saturated heterocycles. The molecule has 3 heterocycles. The van der Waals surface area contributed by atoms with Gasteiger partial charge >= 0.3 is 0 Å². The highest BCUT2D eigenvalue weighted by Gasteiger charge is 2.22. The molecule has 0 amide bonds. The summed E-state index contributed by atoms with van der Waals surface area (Å²) in [6.07, 6.45) is 11.3. The number of hydrogen-bond acceptors (Lipinski definition) is 5. The summed E-state index contributed by atoms with van der Waals surface area (Å²) in [5, 5.41) is 7.42. The fourth-order valence-corrected chi connectivity index (χ4v) is 4.97. The van der Waals surface area contributed by atoms with E-state index in [0.717, 1.165) is 37.8 Å². The Morgan fingerprint density at radius 2 is 1.61 bits per heavy atom. The molecule has 28 heavy (non-hydrogen) atoms. The van der Waals surface area contributed by atoms with E-state index in [1.165, 1.54) is 57.8 Å². The Kier molecular flexibility index (Phi) is 6.50.